The van der Waals surface area contributed by atoms with Crippen LogP contribution in [0.25, 0.3) is 22.1 Å². The van der Waals surface area contributed by atoms with Gasteiger partial charge in [-0.2, -0.15) is 0 Å². The van der Waals surface area contributed by atoms with Crippen LogP contribution in [-0.4, -0.2) is 39.2 Å². The molecule has 1 saturated heterocycles. The maximum Gasteiger partial charge on any atom is 0.172 e. The number of likely N-dealkylation sites (tertiary alicyclic amines) is 1. The molecular weight excluding hydrogens is 322 g/mol. The summed E-state index contributed by atoms with van der Waals surface area (Å²) in [6, 6.07) is 5.87. The van der Waals surface area contributed by atoms with Crippen LogP contribution in [0.2, 0.25) is 0 Å². The predicted molar refractivity (Wildman–Crippen MR) is 78.3 cm³/mol. The van der Waals surface area contributed by atoms with Crippen LogP contribution in [0.1, 0.15) is 5.82 Å². The molecule has 0 unspecified atom stereocenters. The highest BCUT2D eigenvalue weighted by atomic mass is 79.9. The molecule has 0 amide bonds. The maximum absolute atomic E-state index is 9.30. The predicted octanol–water partition coefficient (Wildman–Crippen LogP) is 2.32. The lowest BCUT2D eigenvalue weighted by molar-refractivity contribution is -0.00422. The van der Waals surface area contributed by atoms with E-state index in [1.165, 1.54) is 0 Å². The molecule has 20 heavy (non-hydrogen) atoms. The second-order valence-electron chi connectivity index (χ2n) is 5.09. The quantitative estimate of drug-likeness (QED) is 0.779. The molecule has 3 heterocycles. The molecule has 3 aromatic rings. The number of benzene rings is 1. The monoisotopic (exact) mass is 333 g/mol. The van der Waals surface area contributed by atoms with Gasteiger partial charge in [-0.1, -0.05) is 15.9 Å². The van der Waals surface area contributed by atoms with Crippen molar-refractivity contribution in [3.05, 3.63) is 34.7 Å². The van der Waals surface area contributed by atoms with Gasteiger partial charge in [-0.3, -0.25) is 4.90 Å². The van der Waals surface area contributed by atoms with E-state index in [9.17, 15) is 5.11 Å². The van der Waals surface area contributed by atoms with E-state index >= 15 is 0 Å². The fourth-order valence-electron chi connectivity index (χ4n) is 2.52. The fourth-order valence-corrected chi connectivity index (χ4v) is 2.88. The molecule has 0 saturated carbocycles. The first-order valence-corrected chi connectivity index (χ1v) is 7.22. The topological polar surface area (TPSA) is 62.4 Å². The average Bonchev–Trinajstić information content (AvgIpc) is 2.75. The first-order valence-electron chi connectivity index (χ1n) is 6.43. The largest absolute Gasteiger partial charge is 0.453 e. The minimum absolute atomic E-state index is 0.204. The number of aliphatic hydroxyl groups is 1. The molecule has 0 atom stereocenters. The highest BCUT2D eigenvalue weighted by Gasteiger charge is 2.25. The van der Waals surface area contributed by atoms with Gasteiger partial charge < -0.3 is 9.52 Å². The molecule has 1 N–H and O–H groups in total. The van der Waals surface area contributed by atoms with Crippen molar-refractivity contribution < 1.29 is 9.52 Å². The molecule has 0 spiro atoms. The van der Waals surface area contributed by atoms with Crippen molar-refractivity contribution in [1.29, 1.82) is 0 Å². The molecule has 0 radical (unpaired) electrons. The van der Waals surface area contributed by atoms with E-state index in [1.54, 1.807) is 6.20 Å². The summed E-state index contributed by atoms with van der Waals surface area (Å²) < 4.78 is 6.72. The van der Waals surface area contributed by atoms with E-state index in [2.05, 4.69) is 30.8 Å². The van der Waals surface area contributed by atoms with E-state index in [0.29, 0.717) is 25.2 Å². The number of rotatable bonds is 2. The summed E-state index contributed by atoms with van der Waals surface area (Å²) in [5, 5.41) is 10.3. The molecule has 2 aromatic heterocycles. The molecule has 1 aromatic carbocycles. The first-order chi connectivity index (χ1) is 9.69. The van der Waals surface area contributed by atoms with Gasteiger partial charge in [0.15, 0.2) is 5.58 Å². The summed E-state index contributed by atoms with van der Waals surface area (Å²) in [7, 11) is 0. The fraction of sp³-hybridized carbons (Fsp3) is 0.286. The number of aliphatic hydroxyl groups excluding tert-OH is 1. The van der Waals surface area contributed by atoms with Crippen molar-refractivity contribution in [3.8, 4) is 0 Å². The Balaban J connectivity index is 1.77. The van der Waals surface area contributed by atoms with Crippen molar-refractivity contribution in [3.63, 3.8) is 0 Å². The minimum atomic E-state index is -0.204. The van der Waals surface area contributed by atoms with E-state index in [0.717, 1.165) is 26.8 Å². The second-order valence-corrected chi connectivity index (χ2v) is 6.01. The van der Waals surface area contributed by atoms with Crippen LogP contribution < -0.4 is 0 Å². The van der Waals surface area contributed by atoms with Crippen LogP contribution in [0.15, 0.2) is 33.3 Å². The molecule has 5 nitrogen and oxygen atoms in total. The number of β-amino-alcohol motifs (C(OH)–C–C–N with tert-alkyl or cyclic N) is 1. The molecule has 1 fully saturated rings. The Morgan fingerprint density at radius 3 is 3.00 bits per heavy atom. The molecular formula is C14H12BrN3O2. The zero-order valence-corrected chi connectivity index (χ0v) is 12.2. The summed E-state index contributed by atoms with van der Waals surface area (Å²) in [5.74, 6) is 0.757. The number of halogens is 1. The third kappa shape index (κ3) is 2.00. The first kappa shape index (κ1) is 12.3. The van der Waals surface area contributed by atoms with Crippen LogP contribution in [-0.2, 0) is 6.54 Å². The Morgan fingerprint density at radius 2 is 2.20 bits per heavy atom. The van der Waals surface area contributed by atoms with Crippen molar-refractivity contribution in [2.45, 2.75) is 12.6 Å². The number of aromatic nitrogens is 2. The van der Waals surface area contributed by atoms with Crippen LogP contribution in [0.5, 0.6) is 0 Å². The van der Waals surface area contributed by atoms with Gasteiger partial charge in [-0.15, -0.1) is 0 Å². The molecule has 1 aliphatic rings. The molecule has 102 valence electrons. The standard InChI is InChI=1S/C14H12BrN3O2/c15-8-1-2-11-10(3-8)14-12(20-11)4-16-13(17-14)7-18-5-9(19)6-18/h1-4,9,19H,5-7H2. The maximum atomic E-state index is 9.30. The molecule has 1 aliphatic heterocycles. The van der Waals surface area contributed by atoms with Crippen LogP contribution in [0, 0.1) is 0 Å². The van der Waals surface area contributed by atoms with Crippen LogP contribution in [0.4, 0.5) is 0 Å². The number of furan rings is 1. The molecule has 0 aliphatic carbocycles. The van der Waals surface area contributed by atoms with Gasteiger partial charge in [-0.25, -0.2) is 9.97 Å². The van der Waals surface area contributed by atoms with Gasteiger partial charge in [0.05, 0.1) is 18.8 Å². The number of hydrogen-bond donors (Lipinski definition) is 1. The second kappa shape index (κ2) is 4.51. The highest BCUT2D eigenvalue weighted by molar-refractivity contribution is 9.10. The molecule has 6 heteroatoms. The van der Waals surface area contributed by atoms with Crippen molar-refractivity contribution in [1.82, 2.24) is 14.9 Å². The summed E-state index contributed by atoms with van der Waals surface area (Å²) >= 11 is 3.47. The highest BCUT2D eigenvalue weighted by Crippen LogP contribution is 2.29. The van der Waals surface area contributed by atoms with Gasteiger partial charge >= 0.3 is 0 Å². The lowest BCUT2D eigenvalue weighted by atomic mass is 10.2. The number of nitrogens with zero attached hydrogens (tertiary/aromatic N) is 3. The number of fused-ring (bicyclic) bond motifs is 3. The Hall–Kier alpha value is -1.50. The summed E-state index contributed by atoms with van der Waals surface area (Å²) in [6.07, 6.45) is 1.52. The Kier molecular flexibility index (Phi) is 2.76. The summed E-state index contributed by atoms with van der Waals surface area (Å²) in [6.45, 7) is 2.05. The van der Waals surface area contributed by atoms with E-state index in [4.69, 9.17) is 4.42 Å². The summed E-state index contributed by atoms with van der Waals surface area (Å²) in [5.41, 5.74) is 2.35. The zero-order chi connectivity index (χ0) is 13.7. The van der Waals surface area contributed by atoms with Gasteiger partial charge in [0.2, 0.25) is 0 Å². The Bertz CT molecular complexity index is 796. The van der Waals surface area contributed by atoms with Crippen molar-refractivity contribution in [2.24, 2.45) is 0 Å². The Labute approximate surface area is 123 Å². The molecule has 0 bridgehead atoms. The van der Waals surface area contributed by atoms with Gasteiger partial charge in [0.1, 0.15) is 16.9 Å². The SMILES string of the molecule is OC1CN(Cc2ncc3oc4ccc(Br)cc4c3n2)C1. The van der Waals surface area contributed by atoms with Crippen LogP contribution in [0.3, 0.4) is 0 Å². The lowest BCUT2D eigenvalue weighted by Crippen LogP contribution is -2.50. The normalized spacial score (nSPS) is 16.9. The van der Waals surface area contributed by atoms with Gasteiger partial charge in [-0.05, 0) is 18.2 Å². The van der Waals surface area contributed by atoms with Gasteiger partial charge in [0, 0.05) is 22.9 Å². The Morgan fingerprint density at radius 1 is 1.35 bits per heavy atom. The smallest absolute Gasteiger partial charge is 0.172 e. The van der Waals surface area contributed by atoms with E-state index in [1.807, 2.05) is 18.2 Å². The lowest BCUT2D eigenvalue weighted by Gasteiger charge is -2.34. The van der Waals surface area contributed by atoms with E-state index < -0.39 is 0 Å². The van der Waals surface area contributed by atoms with Crippen molar-refractivity contribution >= 4 is 38.0 Å². The van der Waals surface area contributed by atoms with Crippen LogP contribution >= 0.6 is 15.9 Å². The zero-order valence-electron chi connectivity index (χ0n) is 10.6. The van der Waals surface area contributed by atoms with Crippen molar-refractivity contribution in [2.75, 3.05) is 13.1 Å². The van der Waals surface area contributed by atoms with Gasteiger partial charge in [0.25, 0.3) is 0 Å². The minimum Gasteiger partial charge on any atom is -0.453 e. The summed E-state index contributed by atoms with van der Waals surface area (Å²) in [4.78, 5) is 11.0. The third-order valence-electron chi connectivity index (χ3n) is 3.52. The third-order valence-corrected chi connectivity index (χ3v) is 4.02. The average molecular weight is 334 g/mol. The molecule has 4 rings (SSSR count). The number of hydrogen-bond acceptors (Lipinski definition) is 5. The van der Waals surface area contributed by atoms with E-state index in [-0.39, 0.29) is 6.10 Å².